The van der Waals surface area contributed by atoms with E-state index < -0.39 is 5.92 Å². The Morgan fingerprint density at radius 1 is 1.27 bits per heavy atom. The van der Waals surface area contributed by atoms with Gasteiger partial charge in [0.2, 0.25) is 0 Å². The minimum Gasteiger partial charge on any atom is -0.461 e. The number of nitrogens with zero attached hydrogens (tertiary/aromatic N) is 1. The molecule has 3 saturated heterocycles. The van der Waals surface area contributed by atoms with Gasteiger partial charge in [-0.3, -0.25) is 4.79 Å². The maximum atomic E-state index is 12.7. The van der Waals surface area contributed by atoms with Crippen LogP contribution in [0.3, 0.4) is 0 Å². The van der Waals surface area contributed by atoms with Crippen molar-refractivity contribution >= 4 is 5.97 Å². The van der Waals surface area contributed by atoms with Crippen LogP contribution in [0.4, 0.5) is 0 Å². The fourth-order valence-corrected chi connectivity index (χ4v) is 5.23. The molecule has 0 amide bonds. The number of likely N-dealkylation sites (N-methyl/N-ethyl adjacent to an activating group) is 1. The topological polar surface area (TPSA) is 59.1 Å². The molecule has 1 N–H and O–H groups in total. The van der Waals surface area contributed by atoms with Crippen molar-refractivity contribution in [1.29, 1.82) is 0 Å². The van der Waals surface area contributed by atoms with Gasteiger partial charge >= 0.3 is 5.97 Å². The average molecular weight is 360 g/mol. The molecule has 0 spiro atoms. The van der Waals surface area contributed by atoms with Crippen LogP contribution in [0.25, 0.3) is 0 Å². The first-order chi connectivity index (χ1) is 12.6. The number of fused-ring (bicyclic) bond motifs is 5. The number of hydrogen-bond donors (Lipinski definition) is 1. The van der Waals surface area contributed by atoms with Crippen molar-refractivity contribution in [2.24, 2.45) is 0 Å². The molecule has 3 aliphatic rings. The Labute approximate surface area is 155 Å². The largest absolute Gasteiger partial charge is 0.461 e. The average Bonchev–Trinajstić information content (AvgIpc) is 3.40. The number of piperidine rings is 1. The molecule has 0 saturated carbocycles. The van der Waals surface area contributed by atoms with Gasteiger partial charge in [0, 0.05) is 12.8 Å². The van der Waals surface area contributed by atoms with Crippen LogP contribution in [0.5, 0.6) is 0 Å². The highest BCUT2D eigenvalue weighted by atomic mass is 16.6. The number of esters is 1. The molecule has 1 aromatic rings. The molecule has 5 nitrogen and oxygen atoms in total. The van der Waals surface area contributed by atoms with Crippen molar-refractivity contribution in [3.8, 4) is 0 Å². The zero-order valence-electron chi connectivity index (χ0n) is 15.7. The first kappa shape index (κ1) is 18.0. The molecule has 26 heavy (non-hydrogen) atoms. The van der Waals surface area contributed by atoms with Gasteiger partial charge in [0.1, 0.15) is 36.3 Å². The lowest BCUT2D eigenvalue weighted by atomic mass is 9.94. The molecule has 3 heterocycles. The first-order valence-electron chi connectivity index (χ1n) is 9.95. The summed E-state index contributed by atoms with van der Waals surface area (Å²) in [6.07, 6.45) is 4.83. The fraction of sp³-hybridized carbons (Fsp3) is 0.667. The smallest absolute Gasteiger partial charge is 0.316 e. The summed E-state index contributed by atoms with van der Waals surface area (Å²) in [4.78, 5) is 12.7. The van der Waals surface area contributed by atoms with E-state index in [0.29, 0.717) is 24.3 Å². The number of epoxide rings is 1. The van der Waals surface area contributed by atoms with Gasteiger partial charge in [-0.1, -0.05) is 43.7 Å². The van der Waals surface area contributed by atoms with Crippen LogP contribution >= 0.6 is 0 Å². The number of unbranched alkanes of at least 4 members (excludes halogenated alkanes) is 1. The van der Waals surface area contributed by atoms with Crippen LogP contribution in [0.15, 0.2) is 30.3 Å². The van der Waals surface area contributed by atoms with E-state index in [1.54, 1.807) is 0 Å². The Balaban J connectivity index is 1.42. The number of carbonyl (C=O) groups is 1. The number of morpholine rings is 1. The lowest BCUT2D eigenvalue weighted by molar-refractivity contribution is -0.956. The Bertz CT molecular complexity index is 631. The highest BCUT2D eigenvalue weighted by Gasteiger charge is 2.71. The number of quaternary nitrogens is 1. The first-order valence-corrected chi connectivity index (χ1v) is 9.95. The van der Waals surface area contributed by atoms with Gasteiger partial charge in [-0.25, -0.2) is 0 Å². The molecule has 3 fully saturated rings. The number of rotatable bonds is 7. The van der Waals surface area contributed by atoms with Gasteiger partial charge in [-0.2, -0.15) is 0 Å². The van der Waals surface area contributed by atoms with Gasteiger partial charge in [0.25, 0.3) is 0 Å². The Morgan fingerprint density at radius 2 is 1.92 bits per heavy atom. The summed E-state index contributed by atoms with van der Waals surface area (Å²) in [5.41, 5.74) is 0.813. The van der Waals surface area contributed by atoms with Crippen molar-refractivity contribution in [2.75, 3.05) is 20.2 Å². The molecule has 2 bridgehead atoms. The third-order valence-electron chi connectivity index (χ3n) is 6.79. The van der Waals surface area contributed by atoms with E-state index in [9.17, 15) is 9.90 Å². The summed E-state index contributed by atoms with van der Waals surface area (Å²) in [6.45, 7) is 3.20. The van der Waals surface area contributed by atoms with Crippen LogP contribution in [0, 0.1) is 0 Å². The second-order valence-corrected chi connectivity index (χ2v) is 8.30. The van der Waals surface area contributed by atoms with Gasteiger partial charge in [0.05, 0.1) is 20.2 Å². The van der Waals surface area contributed by atoms with E-state index in [-0.39, 0.29) is 18.7 Å². The van der Waals surface area contributed by atoms with Gasteiger partial charge in [0.15, 0.2) is 0 Å². The van der Waals surface area contributed by atoms with Gasteiger partial charge in [-0.15, -0.1) is 0 Å². The molecule has 4 unspecified atom stereocenters. The van der Waals surface area contributed by atoms with E-state index in [0.717, 1.165) is 22.9 Å². The second-order valence-electron chi connectivity index (χ2n) is 8.30. The molecular weight excluding hydrogens is 330 g/mol. The molecule has 0 aliphatic carbocycles. The number of carbonyl (C=O) groups excluding carboxylic acids is 1. The Hall–Kier alpha value is -1.43. The monoisotopic (exact) mass is 360 g/mol. The summed E-state index contributed by atoms with van der Waals surface area (Å²) in [6, 6.07) is 10.3. The number of benzene rings is 1. The molecule has 5 heteroatoms. The van der Waals surface area contributed by atoms with Gasteiger partial charge in [-0.05, 0) is 12.0 Å². The van der Waals surface area contributed by atoms with E-state index in [2.05, 4.69) is 14.0 Å². The molecule has 1 aromatic carbocycles. The van der Waals surface area contributed by atoms with Crippen LogP contribution in [-0.4, -0.2) is 66.2 Å². The highest BCUT2D eigenvalue weighted by Crippen LogP contribution is 2.52. The van der Waals surface area contributed by atoms with Crippen LogP contribution in [0.2, 0.25) is 0 Å². The third kappa shape index (κ3) is 2.96. The van der Waals surface area contributed by atoms with E-state index >= 15 is 0 Å². The highest BCUT2D eigenvalue weighted by molar-refractivity contribution is 5.78. The normalized spacial score (nSPS) is 38.5. The molecule has 3 aliphatic heterocycles. The summed E-state index contributed by atoms with van der Waals surface area (Å²) in [7, 11) is 2.36. The maximum absolute atomic E-state index is 12.7. The quantitative estimate of drug-likeness (QED) is 0.460. The van der Waals surface area contributed by atoms with E-state index in [4.69, 9.17) is 9.47 Å². The lowest BCUT2D eigenvalue weighted by Gasteiger charge is -2.48. The van der Waals surface area contributed by atoms with E-state index in [1.807, 2.05) is 30.3 Å². The van der Waals surface area contributed by atoms with E-state index in [1.165, 1.54) is 19.4 Å². The molecule has 142 valence electrons. The summed E-state index contributed by atoms with van der Waals surface area (Å²) < 4.78 is 12.9. The minimum absolute atomic E-state index is 0.0560. The van der Waals surface area contributed by atoms with Crippen molar-refractivity contribution in [3.63, 3.8) is 0 Å². The standard InChI is InChI=1S/C21H30NO4/c1-3-4-10-22(2)17-11-15(12-18(22)20-19(17)26-20)25-21(24)16(13-23)14-8-6-5-7-9-14/h5-9,15-20,23H,3-4,10-13H2,1-2H3/q+1/t15?,16?,17-,18?,19-,20+,22?/m1/s1. The van der Waals surface area contributed by atoms with Crippen molar-refractivity contribution in [2.45, 2.75) is 68.9 Å². The predicted octanol–water partition coefficient (Wildman–Crippen LogP) is 2.23. The number of hydrogen-bond acceptors (Lipinski definition) is 4. The second kappa shape index (κ2) is 6.95. The fourth-order valence-electron chi connectivity index (χ4n) is 5.23. The predicted molar refractivity (Wildman–Crippen MR) is 97.6 cm³/mol. The lowest BCUT2D eigenvalue weighted by Crippen LogP contribution is -2.62. The minimum atomic E-state index is -0.595. The molecule has 0 aromatic heterocycles. The summed E-state index contributed by atoms with van der Waals surface area (Å²) in [5, 5.41) is 9.70. The van der Waals surface area contributed by atoms with Crippen molar-refractivity contribution < 1.29 is 23.9 Å². The van der Waals surface area contributed by atoms with Crippen LogP contribution < -0.4 is 0 Å². The number of ether oxygens (including phenoxy) is 2. The molecular formula is C21H30NO4+. The number of aliphatic hydroxyl groups is 1. The Kier molecular flexibility index (Phi) is 4.80. The number of aliphatic hydroxyl groups excluding tert-OH is 1. The summed E-state index contributed by atoms with van der Waals surface area (Å²) >= 11 is 0. The van der Waals surface area contributed by atoms with Crippen LogP contribution in [-0.2, 0) is 14.3 Å². The zero-order valence-corrected chi connectivity index (χ0v) is 15.7. The van der Waals surface area contributed by atoms with Crippen molar-refractivity contribution in [3.05, 3.63) is 35.9 Å². The molecule has 0 radical (unpaired) electrons. The summed E-state index contributed by atoms with van der Waals surface area (Å²) in [5.74, 6) is -0.898. The van der Waals surface area contributed by atoms with Gasteiger partial charge < -0.3 is 19.1 Å². The SMILES string of the molecule is CCCC[N+]1(C)C2CC(OC(=O)C(CO)c3ccccc3)C[C@@H]1[C@H]1O[C@@H]21. The molecule has 7 atom stereocenters. The zero-order chi connectivity index (χ0) is 18.3. The van der Waals surface area contributed by atoms with Crippen LogP contribution in [0.1, 0.15) is 44.1 Å². The molecule has 4 rings (SSSR count). The van der Waals surface area contributed by atoms with Crippen molar-refractivity contribution in [1.82, 2.24) is 0 Å². The third-order valence-corrected chi connectivity index (χ3v) is 6.79. The Morgan fingerprint density at radius 3 is 2.50 bits per heavy atom. The maximum Gasteiger partial charge on any atom is 0.316 e.